The highest BCUT2D eigenvalue weighted by molar-refractivity contribution is 5.85. The van der Waals surface area contributed by atoms with Gasteiger partial charge >= 0.3 is 0 Å². The van der Waals surface area contributed by atoms with Crippen molar-refractivity contribution in [3.63, 3.8) is 0 Å². The maximum absolute atomic E-state index is 9.46. The first-order valence-electron chi connectivity index (χ1n) is 6.30. The molecular weight excluding hydrogens is 224 g/mol. The second kappa shape index (κ2) is 4.89. The first-order valence-corrected chi connectivity index (χ1v) is 6.30. The van der Waals surface area contributed by atoms with Gasteiger partial charge in [0, 0.05) is 0 Å². The number of benzene rings is 2. The minimum Gasteiger partial charge on any atom is -0.508 e. The zero-order valence-electron chi connectivity index (χ0n) is 11.2. The van der Waals surface area contributed by atoms with Crippen LogP contribution in [0.4, 0.5) is 0 Å². The van der Waals surface area contributed by atoms with E-state index in [0.29, 0.717) is 6.61 Å². The predicted molar refractivity (Wildman–Crippen MR) is 75.2 cm³/mol. The molecule has 2 nitrogen and oxygen atoms in total. The van der Waals surface area contributed by atoms with E-state index in [-0.39, 0.29) is 11.2 Å². The number of hydrogen-bond acceptors (Lipinski definition) is 2. The van der Waals surface area contributed by atoms with Crippen LogP contribution in [-0.4, -0.2) is 11.7 Å². The molecule has 0 heterocycles. The van der Waals surface area contributed by atoms with Gasteiger partial charge in [-0.2, -0.15) is 0 Å². The van der Waals surface area contributed by atoms with Crippen molar-refractivity contribution in [1.82, 2.24) is 0 Å². The molecule has 0 fully saturated rings. The third kappa shape index (κ3) is 3.39. The highest BCUT2D eigenvalue weighted by Crippen LogP contribution is 2.25. The van der Waals surface area contributed by atoms with Crippen molar-refractivity contribution in [2.45, 2.75) is 27.2 Å². The minimum absolute atomic E-state index is 0.286. The van der Waals surface area contributed by atoms with Crippen molar-refractivity contribution in [2.24, 2.45) is 5.41 Å². The molecule has 0 amide bonds. The summed E-state index contributed by atoms with van der Waals surface area (Å²) in [7, 11) is 0. The van der Waals surface area contributed by atoms with Crippen LogP contribution >= 0.6 is 0 Å². The SMILES string of the molecule is CC(C)(C)CCOc1ccc2ccc(O)cc2c1. The quantitative estimate of drug-likeness (QED) is 0.869. The van der Waals surface area contributed by atoms with E-state index in [1.807, 2.05) is 24.3 Å². The lowest BCUT2D eigenvalue weighted by Gasteiger charge is -2.18. The smallest absolute Gasteiger partial charge is 0.119 e. The molecule has 0 atom stereocenters. The number of fused-ring (bicyclic) bond motifs is 1. The standard InChI is InChI=1S/C16H20O2/c1-16(2,3)8-9-18-15-7-5-12-4-6-14(17)10-13(12)11-15/h4-7,10-11,17H,8-9H2,1-3H3. The Labute approximate surface area is 108 Å². The highest BCUT2D eigenvalue weighted by Gasteiger charge is 2.09. The molecule has 2 aromatic carbocycles. The lowest BCUT2D eigenvalue weighted by molar-refractivity contribution is 0.243. The fourth-order valence-corrected chi connectivity index (χ4v) is 1.78. The highest BCUT2D eigenvalue weighted by atomic mass is 16.5. The van der Waals surface area contributed by atoms with E-state index in [2.05, 4.69) is 20.8 Å². The summed E-state index contributed by atoms with van der Waals surface area (Å²) < 4.78 is 5.75. The molecule has 2 heteroatoms. The minimum atomic E-state index is 0.286. The third-order valence-electron chi connectivity index (χ3n) is 2.92. The summed E-state index contributed by atoms with van der Waals surface area (Å²) in [6, 6.07) is 11.3. The van der Waals surface area contributed by atoms with Crippen LogP contribution in [0.25, 0.3) is 10.8 Å². The topological polar surface area (TPSA) is 29.5 Å². The number of rotatable bonds is 3. The average molecular weight is 244 g/mol. The van der Waals surface area contributed by atoms with E-state index in [4.69, 9.17) is 4.74 Å². The fourth-order valence-electron chi connectivity index (χ4n) is 1.78. The van der Waals surface area contributed by atoms with Crippen LogP contribution in [0.3, 0.4) is 0 Å². The summed E-state index contributed by atoms with van der Waals surface area (Å²) in [4.78, 5) is 0. The third-order valence-corrected chi connectivity index (χ3v) is 2.92. The number of phenolic OH excluding ortho intramolecular Hbond substituents is 1. The Bertz CT molecular complexity index is 538. The first kappa shape index (κ1) is 12.7. The fraction of sp³-hybridized carbons (Fsp3) is 0.375. The lowest BCUT2D eigenvalue weighted by Crippen LogP contribution is -2.11. The van der Waals surface area contributed by atoms with Crippen LogP contribution in [-0.2, 0) is 0 Å². The largest absolute Gasteiger partial charge is 0.508 e. The van der Waals surface area contributed by atoms with E-state index in [9.17, 15) is 5.11 Å². The van der Waals surface area contributed by atoms with E-state index < -0.39 is 0 Å². The Kier molecular flexibility index (Phi) is 3.46. The normalized spacial score (nSPS) is 11.7. The van der Waals surface area contributed by atoms with Gasteiger partial charge in [0.15, 0.2) is 0 Å². The Morgan fingerprint density at radius 1 is 1.00 bits per heavy atom. The molecule has 18 heavy (non-hydrogen) atoms. The molecule has 0 saturated carbocycles. The zero-order valence-corrected chi connectivity index (χ0v) is 11.2. The van der Waals surface area contributed by atoms with Gasteiger partial charge in [0.25, 0.3) is 0 Å². The average Bonchev–Trinajstić information content (AvgIpc) is 2.26. The molecule has 96 valence electrons. The van der Waals surface area contributed by atoms with Crippen LogP contribution in [0.2, 0.25) is 0 Å². The summed E-state index contributed by atoms with van der Waals surface area (Å²) in [5, 5.41) is 11.6. The second-order valence-electron chi connectivity index (χ2n) is 5.85. The molecule has 0 aromatic heterocycles. The molecule has 0 unspecified atom stereocenters. The van der Waals surface area contributed by atoms with E-state index in [1.54, 1.807) is 12.1 Å². The van der Waals surface area contributed by atoms with E-state index in [1.165, 1.54) is 0 Å². The van der Waals surface area contributed by atoms with Crippen LogP contribution < -0.4 is 4.74 Å². The molecule has 0 saturated heterocycles. The molecule has 2 aromatic rings. The van der Waals surface area contributed by atoms with Crippen LogP contribution in [0, 0.1) is 5.41 Å². The Hall–Kier alpha value is -1.70. The number of aromatic hydroxyl groups is 1. The predicted octanol–water partition coefficient (Wildman–Crippen LogP) is 4.36. The molecule has 1 N–H and O–H groups in total. The number of ether oxygens (including phenoxy) is 1. The van der Waals surface area contributed by atoms with Crippen LogP contribution in [0.15, 0.2) is 36.4 Å². The van der Waals surface area contributed by atoms with Crippen molar-refractivity contribution < 1.29 is 9.84 Å². The van der Waals surface area contributed by atoms with Crippen LogP contribution in [0.5, 0.6) is 11.5 Å². The van der Waals surface area contributed by atoms with E-state index in [0.717, 1.165) is 22.9 Å². The van der Waals surface area contributed by atoms with Gasteiger partial charge in [-0.05, 0) is 46.9 Å². The van der Waals surface area contributed by atoms with Gasteiger partial charge in [-0.3, -0.25) is 0 Å². The molecule has 0 aliphatic rings. The Morgan fingerprint density at radius 3 is 2.44 bits per heavy atom. The molecule has 2 rings (SSSR count). The van der Waals surface area contributed by atoms with Gasteiger partial charge in [-0.25, -0.2) is 0 Å². The van der Waals surface area contributed by atoms with Crippen LogP contribution in [0.1, 0.15) is 27.2 Å². The van der Waals surface area contributed by atoms with Gasteiger partial charge in [0.05, 0.1) is 6.61 Å². The van der Waals surface area contributed by atoms with Gasteiger partial charge < -0.3 is 9.84 Å². The van der Waals surface area contributed by atoms with Crippen molar-refractivity contribution in [2.75, 3.05) is 6.61 Å². The van der Waals surface area contributed by atoms with Gasteiger partial charge in [-0.1, -0.05) is 32.9 Å². The molecule has 0 bridgehead atoms. The molecular formula is C16H20O2. The molecule has 0 aliphatic heterocycles. The van der Waals surface area contributed by atoms with E-state index >= 15 is 0 Å². The summed E-state index contributed by atoms with van der Waals surface area (Å²) in [5.41, 5.74) is 0.287. The summed E-state index contributed by atoms with van der Waals surface area (Å²) in [6.45, 7) is 7.33. The van der Waals surface area contributed by atoms with Crippen molar-refractivity contribution >= 4 is 10.8 Å². The lowest BCUT2D eigenvalue weighted by atomic mass is 9.93. The monoisotopic (exact) mass is 244 g/mol. The maximum Gasteiger partial charge on any atom is 0.119 e. The van der Waals surface area contributed by atoms with Crippen molar-refractivity contribution in [3.05, 3.63) is 36.4 Å². The molecule has 0 aliphatic carbocycles. The Morgan fingerprint density at radius 2 is 1.72 bits per heavy atom. The first-order chi connectivity index (χ1) is 8.44. The Balaban J connectivity index is 2.10. The van der Waals surface area contributed by atoms with Crippen molar-refractivity contribution in [1.29, 1.82) is 0 Å². The van der Waals surface area contributed by atoms with Crippen molar-refractivity contribution in [3.8, 4) is 11.5 Å². The number of hydrogen-bond donors (Lipinski definition) is 1. The maximum atomic E-state index is 9.46. The van der Waals surface area contributed by atoms with Gasteiger partial charge in [0.1, 0.15) is 11.5 Å². The summed E-state index contributed by atoms with van der Waals surface area (Å²) in [5.74, 6) is 1.15. The van der Waals surface area contributed by atoms with Gasteiger partial charge in [0.2, 0.25) is 0 Å². The summed E-state index contributed by atoms with van der Waals surface area (Å²) >= 11 is 0. The number of phenols is 1. The van der Waals surface area contributed by atoms with Gasteiger partial charge in [-0.15, -0.1) is 0 Å². The zero-order chi connectivity index (χ0) is 13.2. The second-order valence-corrected chi connectivity index (χ2v) is 5.85. The summed E-state index contributed by atoms with van der Waals surface area (Å²) in [6.07, 6.45) is 1.02. The molecule has 0 spiro atoms. The molecule has 0 radical (unpaired) electrons.